The van der Waals surface area contributed by atoms with Crippen molar-refractivity contribution in [3.63, 3.8) is 0 Å². The molecule has 0 aliphatic carbocycles. The first-order valence-corrected chi connectivity index (χ1v) is 23.2. The predicted octanol–water partition coefficient (Wildman–Crippen LogP) is 6.22. The summed E-state index contributed by atoms with van der Waals surface area (Å²) in [5, 5.41) is 28.3. The molecule has 2 aliphatic heterocycles. The Labute approximate surface area is 435 Å². The molecule has 9 aromatic rings. The van der Waals surface area contributed by atoms with Crippen molar-refractivity contribution in [1.29, 1.82) is 0 Å². The van der Waals surface area contributed by atoms with Gasteiger partial charge in [-0.1, -0.05) is 54.6 Å². The number of anilines is 2. The molecule has 7 aromatic heterocycles. The van der Waals surface area contributed by atoms with Gasteiger partial charge in [-0.25, -0.2) is 19.6 Å². The summed E-state index contributed by atoms with van der Waals surface area (Å²) in [5.74, 6) is -5.18. The minimum absolute atomic E-state index is 0.0671. The molecule has 21 nitrogen and oxygen atoms in total. The number of para-hydroxylation sites is 4. The van der Waals surface area contributed by atoms with Crippen molar-refractivity contribution in [1.82, 2.24) is 65.3 Å². The molecule has 2 amide bonds. The fraction of sp³-hybridized carbons (Fsp3) is 0.157. The summed E-state index contributed by atoms with van der Waals surface area (Å²) in [6.45, 7) is 0.134. The van der Waals surface area contributed by atoms with E-state index >= 15 is 9.59 Å². The number of aromatic nitrogens is 9. The van der Waals surface area contributed by atoms with Gasteiger partial charge >= 0.3 is 24.3 Å². The van der Waals surface area contributed by atoms with Gasteiger partial charge in [0.05, 0.1) is 69.3 Å². The maximum atomic E-state index is 15.2. The van der Waals surface area contributed by atoms with Gasteiger partial charge in [0.2, 0.25) is 11.9 Å². The van der Waals surface area contributed by atoms with Crippen molar-refractivity contribution in [2.75, 3.05) is 10.6 Å². The summed E-state index contributed by atoms with van der Waals surface area (Å²) in [6.07, 6.45) is -5.14. The van der Waals surface area contributed by atoms with Crippen LogP contribution < -0.4 is 21.3 Å². The zero-order valence-electron chi connectivity index (χ0n) is 40.0. The van der Waals surface area contributed by atoms with Crippen LogP contribution in [0.1, 0.15) is 34.2 Å². The van der Waals surface area contributed by atoms with Crippen LogP contribution in [0.2, 0.25) is 0 Å². The largest absolute Gasteiger partial charge is 0.490 e. The Hall–Kier alpha value is -9.89. The maximum absolute atomic E-state index is 15.2. The van der Waals surface area contributed by atoms with Crippen LogP contribution >= 0.6 is 0 Å². The molecule has 0 bridgehead atoms. The van der Waals surface area contributed by atoms with Crippen LogP contribution in [0.5, 0.6) is 0 Å². The van der Waals surface area contributed by atoms with Gasteiger partial charge in [0, 0.05) is 24.8 Å². The number of H-pyrrole nitrogens is 2. The van der Waals surface area contributed by atoms with Gasteiger partial charge in [0.15, 0.2) is 23.7 Å². The quantitative estimate of drug-likeness (QED) is 0.0630. The maximum Gasteiger partial charge on any atom is 0.490 e. The summed E-state index contributed by atoms with van der Waals surface area (Å²) in [6, 6.07) is 42.9. The van der Waals surface area contributed by atoms with Crippen molar-refractivity contribution in [2.24, 2.45) is 0 Å². The van der Waals surface area contributed by atoms with E-state index in [1.54, 1.807) is 58.9 Å². The number of nitrogens with one attached hydrogen (secondary N) is 6. The predicted molar refractivity (Wildman–Crippen MR) is 265 cm³/mol. The van der Waals surface area contributed by atoms with Gasteiger partial charge in [0.25, 0.3) is 11.8 Å². The Balaban J connectivity index is 0.000000469. The van der Waals surface area contributed by atoms with E-state index in [-0.39, 0.29) is 24.9 Å². The highest BCUT2D eigenvalue weighted by Gasteiger charge is 2.57. The van der Waals surface area contributed by atoms with Crippen molar-refractivity contribution < 1.29 is 55.7 Å². The average Bonchev–Trinajstić information content (AvgIpc) is 4.39. The third-order valence-electron chi connectivity index (χ3n) is 12.0. The van der Waals surface area contributed by atoms with Crippen LogP contribution in [0.15, 0.2) is 164 Å². The van der Waals surface area contributed by atoms with Crippen LogP contribution in [-0.4, -0.2) is 114 Å². The molecule has 2 saturated heterocycles. The minimum Gasteiger partial charge on any atom is -0.475 e. The highest BCUT2D eigenvalue weighted by molar-refractivity contribution is 5.94. The highest BCUT2D eigenvalue weighted by Crippen LogP contribution is 2.38. The first-order valence-electron chi connectivity index (χ1n) is 23.2. The molecule has 27 heteroatoms. The molecule has 2 unspecified atom stereocenters. The molecule has 2 aliphatic rings. The molecule has 9 heterocycles. The number of carbonyl (C=O) groups excluding carboxylic acids is 2. The van der Waals surface area contributed by atoms with Crippen LogP contribution in [0, 0.1) is 0 Å². The number of carbonyl (C=O) groups is 4. The molecule has 0 radical (unpaired) electrons. The van der Waals surface area contributed by atoms with Crippen molar-refractivity contribution in [3.8, 4) is 0 Å². The molecular formula is C51H41F6N15O6. The molecule has 2 fully saturated rings. The molecule has 11 rings (SSSR count). The van der Waals surface area contributed by atoms with E-state index in [1.165, 1.54) is 0 Å². The number of aliphatic carboxylic acids is 2. The lowest BCUT2D eigenvalue weighted by Crippen LogP contribution is -2.48. The number of nitrogens with zero attached hydrogens (tertiary/aromatic N) is 9. The number of pyridine rings is 5. The first kappa shape index (κ1) is 53.0. The van der Waals surface area contributed by atoms with Gasteiger partial charge < -0.3 is 40.6 Å². The average molecular weight is 1070 g/mol. The second kappa shape index (κ2) is 21.8. The molecule has 2 aromatic carbocycles. The summed E-state index contributed by atoms with van der Waals surface area (Å²) < 4.78 is 63.5. The monoisotopic (exact) mass is 1070 g/mol. The van der Waals surface area contributed by atoms with Gasteiger partial charge in [-0.05, 0) is 84.9 Å². The Kier molecular flexibility index (Phi) is 14.8. The topological polar surface area (TPSA) is 285 Å². The Bertz CT molecular complexity index is 3200. The molecule has 8 N–H and O–H groups in total. The molecule has 398 valence electrons. The number of fused-ring (bicyclic) bond motifs is 2. The third kappa shape index (κ3) is 10.9. The molecule has 2 atom stereocenters. The number of imidazole rings is 2. The first-order chi connectivity index (χ1) is 37.4. The number of amides is 2. The third-order valence-corrected chi connectivity index (χ3v) is 12.0. The minimum atomic E-state index is -5.08. The number of carboxylic acids is 2. The van der Waals surface area contributed by atoms with E-state index in [0.717, 1.165) is 22.1 Å². The van der Waals surface area contributed by atoms with Gasteiger partial charge in [0.1, 0.15) is 0 Å². The van der Waals surface area contributed by atoms with Gasteiger partial charge in [-0.15, -0.1) is 0 Å². The van der Waals surface area contributed by atoms with E-state index in [2.05, 4.69) is 51.2 Å². The summed E-state index contributed by atoms with van der Waals surface area (Å²) in [5.41, 5.74) is 3.34. The van der Waals surface area contributed by atoms with E-state index in [1.807, 2.05) is 115 Å². The number of hydrogen-bond acceptors (Lipinski definition) is 15. The highest BCUT2D eigenvalue weighted by atomic mass is 19.4. The van der Waals surface area contributed by atoms with E-state index in [4.69, 9.17) is 34.8 Å². The lowest BCUT2D eigenvalue weighted by atomic mass is 9.89. The van der Waals surface area contributed by atoms with Crippen molar-refractivity contribution in [2.45, 2.75) is 49.1 Å². The second-order valence-electron chi connectivity index (χ2n) is 17.0. The standard InChI is InChI=1S/C47H39N15O2.2C2HF3O2/c63-40-46(36-20-5-9-24-48-36,37-21-6-10-25-49-37)59-44(57-42-53-32-16-1-2-17-33(32)54-42)61(40)28-30-14-13-15-31(52-30)29-62-41(64)47(38-22-7-11-26-50-38,39-23-8-12-27-51-39)60-45(62)58-43-55-34-18-3-4-19-35(34)56-43;2*3-2(4,5)1(6)7/h1-27,44-45,59-60H,28-29H2,(H2,53,54,57)(H2,55,56,58);2*(H,6,7). The van der Waals surface area contributed by atoms with Crippen LogP contribution in [0.25, 0.3) is 22.1 Å². The van der Waals surface area contributed by atoms with Crippen LogP contribution in [0.4, 0.5) is 38.2 Å². The molecule has 0 saturated carbocycles. The smallest absolute Gasteiger partial charge is 0.475 e. The van der Waals surface area contributed by atoms with E-state index in [9.17, 15) is 26.3 Å². The zero-order chi connectivity index (χ0) is 55.2. The lowest BCUT2D eigenvalue weighted by molar-refractivity contribution is -0.193. The van der Waals surface area contributed by atoms with E-state index in [0.29, 0.717) is 46.1 Å². The van der Waals surface area contributed by atoms with Crippen LogP contribution in [0.3, 0.4) is 0 Å². The molecule has 0 spiro atoms. The van der Waals surface area contributed by atoms with Crippen molar-refractivity contribution >= 4 is 57.7 Å². The fourth-order valence-corrected chi connectivity index (χ4v) is 8.60. The summed E-state index contributed by atoms with van der Waals surface area (Å²) >= 11 is 0. The SMILES string of the molecule is O=C(O)C(F)(F)F.O=C(O)C(F)(F)F.O=C1N(Cc2cccc(CN3C(=O)C(c4ccccn4)(c4ccccn4)NC3Nc3nc4ccccc4[nH]3)n2)C(Nc2nc3ccccc3[nH]2)NC1(c1ccccn1)c1ccccn1. The Morgan fingerprint density at radius 1 is 0.487 bits per heavy atom. The van der Waals surface area contributed by atoms with Crippen LogP contribution in [-0.2, 0) is 43.3 Å². The molecule has 78 heavy (non-hydrogen) atoms. The normalized spacial score (nSPS) is 16.7. The lowest BCUT2D eigenvalue weighted by Gasteiger charge is -2.26. The zero-order valence-corrected chi connectivity index (χ0v) is 40.0. The summed E-state index contributed by atoms with van der Waals surface area (Å²) in [4.78, 5) is 91.6. The number of halogens is 6. The van der Waals surface area contributed by atoms with Gasteiger partial charge in [-0.2, -0.15) is 26.3 Å². The number of hydrogen-bond donors (Lipinski definition) is 8. The number of benzene rings is 2. The van der Waals surface area contributed by atoms with Crippen molar-refractivity contribution in [3.05, 3.63) is 198 Å². The molecular weight excluding hydrogens is 1030 g/mol. The number of alkyl halides is 6. The van der Waals surface area contributed by atoms with Gasteiger partial charge in [-0.3, -0.25) is 45.1 Å². The Morgan fingerprint density at radius 3 is 1.10 bits per heavy atom. The number of rotatable bonds is 12. The van der Waals surface area contributed by atoms with E-state index < -0.39 is 47.9 Å². The summed E-state index contributed by atoms with van der Waals surface area (Å²) in [7, 11) is 0. The second-order valence-corrected chi connectivity index (χ2v) is 17.0. The number of aromatic amines is 2. The fourth-order valence-electron chi connectivity index (χ4n) is 8.60. The number of carboxylic acid groups (broad SMARTS) is 2. The Morgan fingerprint density at radius 2 is 0.808 bits per heavy atom.